The van der Waals surface area contributed by atoms with Crippen LogP contribution in [0.3, 0.4) is 0 Å². The number of allylic oxidation sites excluding steroid dienone is 18. The minimum absolute atomic E-state index is 0.0898. The highest BCUT2D eigenvalue weighted by molar-refractivity contribution is 5.71. The van der Waals surface area contributed by atoms with E-state index in [1.807, 2.05) is 0 Å². The summed E-state index contributed by atoms with van der Waals surface area (Å²) in [5.74, 6) is -0.913. The van der Waals surface area contributed by atoms with Crippen LogP contribution in [0.15, 0.2) is 109 Å². The molecule has 0 N–H and O–H groups in total. The molecule has 0 aliphatic heterocycles. The van der Waals surface area contributed by atoms with Gasteiger partial charge in [0.25, 0.3) is 0 Å². The van der Waals surface area contributed by atoms with E-state index in [9.17, 15) is 14.4 Å². The Hall–Kier alpha value is -3.93. The maximum absolute atomic E-state index is 12.9. The van der Waals surface area contributed by atoms with E-state index in [0.29, 0.717) is 12.8 Å². The number of hydrogen-bond acceptors (Lipinski definition) is 6. The maximum atomic E-state index is 12.9. The molecule has 0 saturated heterocycles. The van der Waals surface area contributed by atoms with E-state index in [-0.39, 0.29) is 37.5 Å². The fourth-order valence-electron chi connectivity index (χ4n) is 9.17. The van der Waals surface area contributed by atoms with Crippen LogP contribution in [0.1, 0.15) is 310 Å². The van der Waals surface area contributed by atoms with E-state index in [4.69, 9.17) is 14.2 Å². The molecule has 0 radical (unpaired) electrons. The first-order chi connectivity index (χ1) is 38.5. The monoisotopic (exact) mass is 1080 g/mol. The molecule has 0 aromatic heterocycles. The highest BCUT2D eigenvalue weighted by Crippen LogP contribution is 2.17. The Morgan fingerprint density at radius 2 is 0.500 bits per heavy atom. The van der Waals surface area contributed by atoms with Gasteiger partial charge < -0.3 is 14.2 Å². The van der Waals surface area contributed by atoms with Crippen molar-refractivity contribution >= 4 is 17.9 Å². The van der Waals surface area contributed by atoms with E-state index >= 15 is 0 Å². The molecule has 0 rings (SSSR count). The van der Waals surface area contributed by atoms with Crippen molar-refractivity contribution in [1.29, 1.82) is 0 Å². The molecule has 0 fully saturated rings. The minimum atomic E-state index is -0.798. The van der Waals surface area contributed by atoms with Gasteiger partial charge in [0, 0.05) is 19.3 Å². The second kappa shape index (κ2) is 65.6. The molecule has 78 heavy (non-hydrogen) atoms. The lowest BCUT2D eigenvalue weighted by Crippen LogP contribution is -2.30. The van der Waals surface area contributed by atoms with Crippen LogP contribution in [0.25, 0.3) is 0 Å². The fraction of sp³-hybridized carbons (Fsp3) is 0.708. The van der Waals surface area contributed by atoms with Crippen molar-refractivity contribution in [3.05, 3.63) is 109 Å². The third kappa shape index (κ3) is 62.9. The number of carbonyl (C=O) groups excluding carboxylic acids is 3. The Kier molecular flexibility index (Phi) is 62.3. The van der Waals surface area contributed by atoms with Crippen molar-refractivity contribution in [2.24, 2.45) is 0 Å². The van der Waals surface area contributed by atoms with E-state index in [1.165, 1.54) is 148 Å². The Morgan fingerprint density at radius 1 is 0.269 bits per heavy atom. The van der Waals surface area contributed by atoms with Gasteiger partial charge in [-0.05, 0) is 103 Å². The fourth-order valence-corrected chi connectivity index (χ4v) is 9.17. The summed E-state index contributed by atoms with van der Waals surface area (Å²) in [6, 6.07) is 0. The number of carbonyl (C=O) groups is 3. The summed E-state index contributed by atoms with van der Waals surface area (Å²) in [6.45, 7) is 6.42. The molecule has 0 aliphatic carbocycles. The summed E-state index contributed by atoms with van der Waals surface area (Å²) in [5, 5.41) is 0. The molecule has 1 atom stereocenters. The summed E-state index contributed by atoms with van der Waals surface area (Å²) < 4.78 is 16.9. The largest absolute Gasteiger partial charge is 0.462 e. The predicted molar refractivity (Wildman–Crippen MR) is 339 cm³/mol. The first-order valence-electron chi connectivity index (χ1n) is 32.9. The van der Waals surface area contributed by atoms with Crippen molar-refractivity contribution in [3.63, 3.8) is 0 Å². The third-order valence-electron chi connectivity index (χ3n) is 14.0. The van der Waals surface area contributed by atoms with Gasteiger partial charge in [-0.15, -0.1) is 0 Å². The zero-order valence-corrected chi connectivity index (χ0v) is 51.2. The minimum Gasteiger partial charge on any atom is -0.462 e. The molecule has 1 unspecified atom stereocenters. The van der Waals surface area contributed by atoms with Gasteiger partial charge >= 0.3 is 17.9 Å². The molecule has 0 spiro atoms. The Bertz CT molecular complexity index is 1570. The molecule has 0 aliphatic rings. The van der Waals surface area contributed by atoms with Gasteiger partial charge in [0.15, 0.2) is 6.10 Å². The molecule has 446 valence electrons. The average molecular weight is 1080 g/mol. The van der Waals surface area contributed by atoms with Gasteiger partial charge in [-0.25, -0.2) is 0 Å². The lowest BCUT2D eigenvalue weighted by Gasteiger charge is -2.18. The molecule has 0 heterocycles. The van der Waals surface area contributed by atoms with Crippen molar-refractivity contribution in [3.8, 4) is 0 Å². The maximum Gasteiger partial charge on any atom is 0.306 e. The van der Waals surface area contributed by atoms with Crippen LogP contribution in [-0.4, -0.2) is 37.2 Å². The van der Waals surface area contributed by atoms with Crippen LogP contribution in [0.4, 0.5) is 0 Å². The van der Waals surface area contributed by atoms with Crippen molar-refractivity contribution < 1.29 is 28.6 Å². The van der Waals surface area contributed by atoms with E-state index in [0.717, 1.165) is 122 Å². The Balaban J connectivity index is 4.39. The Labute approximate surface area is 482 Å². The summed E-state index contributed by atoms with van der Waals surface area (Å²) in [4.78, 5) is 38.4. The Morgan fingerprint density at radius 3 is 0.795 bits per heavy atom. The first-order valence-corrected chi connectivity index (χ1v) is 32.9. The zero-order valence-electron chi connectivity index (χ0n) is 51.2. The third-order valence-corrected chi connectivity index (χ3v) is 14.0. The van der Waals surface area contributed by atoms with Crippen LogP contribution < -0.4 is 0 Å². The second-order valence-corrected chi connectivity index (χ2v) is 21.6. The van der Waals surface area contributed by atoms with Crippen LogP contribution in [-0.2, 0) is 28.6 Å². The number of rotatable bonds is 59. The number of unbranched alkanes of at least 4 members (excludes halogenated alkanes) is 30. The number of esters is 3. The molecule has 0 aromatic rings. The smallest absolute Gasteiger partial charge is 0.306 e. The SMILES string of the molecule is CC/C=C\C/C=C\C/C=C\C/C=C\C/C=C\CCCCCC(=O)OC(COC(=O)CCCCCCCCCCCCCC/C=C\C/C=C\C/C=C\C/C=C\CC)COC(=O)CCCCCCCCCCCCCCCCCC. The lowest BCUT2D eigenvalue weighted by molar-refractivity contribution is -0.167. The van der Waals surface area contributed by atoms with Crippen molar-refractivity contribution in [2.45, 2.75) is 316 Å². The molecular weight excluding hydrogens is 961 g/mol. The first kappa shape index (κ1) is 74.1. The van der Waals surface area contributed by atoms with Crippen molar-refractivity contribution in [1.82, 2.24) is 0 Å². The lowest BCUT2D eigenvalue weighted by atomic mass is 10.0. The van der Waals surface area contributed by atoms with Gasteiger partial charge in [-0.2, -0.15) is 0 Å². The molecular formula is C72H122O6. The predicted octanol–water partition coefficient (Wildman–Crippen LogP) is 22.6. The molecule has 6 nitrogen and oxygen atoms in total. The highest BCUT2D eigenvalue weighted by Gasteiger charge is 2.19. The van der Waals surface area contributed by atoms with Crippen LogP contribution in [0.5, 0.6) is 0 Å². The second-order valence-electron chi connectivity index (χ2n) is 21.6. The van der Waals surface area contributed by atoms with Crippen molar-refractivity contribution in [2.75, 3.05) is 13.2 Å². The average Bonchev–Trinajstić information content (AvgIpc) is 3.44. The van der Waals surface area contributed by atoms with Gasteiger partial charge in [0.05, 0.1) is 0 Å². The van der Waals surface area contributed by atoms with Crippen LogP contribution >= 0.6 is 0 Å². The molecule has 6 heteroatoms. The van der Waals surface area contributed by atoms with Gasteiger partial charge in [-0.3, -0.25) is 14.4 Å². The van der Waals surface area contributed by atoms with E-state index in [2.05, 4.69) is 130 Å². The molecule has 0 amide bonds. The molecule has 0 saturated carbocycles. The van der Waals surface area contributed by atoms with E-state index in [1.54, 1.807) is 0 Å². The standard InChI is InChI=1S/C72H122O6/c1-4-7-10-13-16-19-22-25-28-31-33-34-35-36-37-38-40-41-44-47-50-53-56-59-62-65-71(74)77-68-69(67-76-70(73)64-61-58-55-52-49-46-43-30-27-24-21-18-15-12-9-6-3)78-72(75)66-63-60-57-54-51-48-45-42-39-32-29-26-23-20-17-14-11-8-5-2/h7-8,10-11,16-17,19-20,25-26,28-29,33-34,39,42,48,51,69H,4-6,9,12-15,18,21-24,27,30-32,35-38,40-41,43-47,49-50,52-68H2,1-3H3/b10-7-,11-8-,19-16-,20-17-,28-25-,29-26-,34-33-,42-39-,51-48-. The van der Waals surface area contributed by atoms with Gasteiger partial charge in [0.1, 0.15) is 13.2 Å². The van der Waals surface area contributed by atoms with Crippen LogP contribution in [0, 0.1) is 0 Å². The number of ether oxygens (including phenoxy) is 3. The molecule has 0 aromatic carbocycles. The summed E-state index contributed by atoms with van der Waals surface area (Å²) >= 11 is 0. The highest BCUT2D eigenvalue weighted by atomic mass is 16.6. The van der Waals surface area contributed by atoms with Gasteiger partial charge in [0.2, 0.25) is 0 Å². The summed E-state index contributed by atoms with van der Waals surface area (Å²) in [6.07, 6.45) is 89.5. The topological polar surface area (TPSA) is 78.9 Å². The zero-order chi connectivity index (χ0) is 56.4. The van der Waals surface area contributed by atoms with Gasteiger partial charge in [-0.1, -0.05) is 297 Å². The molecule has 0 bridgehead atoms. The number of hydrogen-bond donors (Lipinski definition) is 0. The van der Waals surface area contributed by atoms with Crippen LogP contribution in [0.2, 0.25) is 0 Å². The normalized spacial score (nSPS) is 12.8. The van der Waals surface area contributed by atoms with E-state index < -0.39 is 6.10 Å². The summed E-state index contributed by atoms with van der Waals surface area (Å²) in [7, 11) is 0. The summed E-state index contributed by atoms with van der Waals surface area (Å²) in [5.41, 5.74) is 0. The quantitative estimate of drug-likeness (QED) is 0.0261.